The quantitative estimate of drug-likeness (QED) is 0.717. The number of carbonyl (C=O) groups is 1. The van der Waals surface area contributed by atoms with Crippen molar-refractivity contribution in [2.45, 2.75) is 11.4 Å². The molecule has 0 saturated carbocycles. The van der Waals surface area contributed by atoms with Crippen molar-refractivity contribution < 1.29 is 17.6 Å². The van der Waals surface area contributed by atoms with Gasteiger partial charge in [-0.05, 0) is 42.9 Å². The molecule has 0 aliphatic heterocycles. The van der Waals surface area contributed by atoms with E-state index >= 15 is 0 Å². The first-order chi connectivity index (χ1) is 11.9. The van der Waals surface area contributed by atoms with Crippen molar-refractivity contribution in [1.82, 2.24) is 10.0 Å². The van der Waals surface area contributed by atoms with E-state index in [1.54, 1.807) is 24.3 Å². The molecule has 0 radical (unpaired) electrons. The van der Waals surface area contributed by atoms with Crippen LogP contribution in [0.15, 0.2) is 53.4 Å². The molecule has 3 aromatic rings. The molecular weight excluding hydrogens is 363 g/mol. The third kappa shape index (κ3) is 3.71. The summed E-state index contributed by atoms with van der Waals surface area (Å²) in [6.07, 6.45) is 0. The Hall–Kier alpha value is -2.29. The van der Waals surface area contributed by atoms with Crippen LogP contribution in [0.4, 0.5) is 4.39 Å². The molecule has 0 atom stereocenters. The number of amides is 1. The Morgan fingerprint density at radius 2 is 1.88 bits per heavy atom. The van der Waals surface area contributed by atoms with E-state index in [0.29, 0.717) is 15.0 Å². The zero-order valence-corrected chi connectivity index (χ0v) is 14.9. The summed E-state index contributed by atoms with van der Waals surface area (Å²) in [5.74, 6) is -0.651. The maximum atomic E-state index is 13.7. The van der Waals surface area contributed by atoms with E-state index in [1.165, 1.54) is 42.6 Å². The van der Waals surface area contributed by atoms with Crippen LogP contribution in [0.2, 0.25) is 0 Å². The van der Waals surface area contributed by atoms with Gasteiger partial charge in [0.25, 0.3) is 5.91 Å². The van der Waals surface area contributed by atoms with Gasteiger partial charge in [0.05, 0.1) is 9.77 Å². The molecule has 25 heavy (non-hydrogen) atoms. The van der Waals surface area contributed by atoms with Crippen LogP contribution in [-0.4, -0.2) is 21.4 Å². The van der Waals surface area contributed by atoms with Crippen molar-refractivity contribution in [1.29, 1.82) is 0 Å². The van der Waals surface area contributed by atoms with Gasteiger partial charge in [-0.1, -0.05) is 18.2 Å². The highest BCUT2D eigenvalue weighted by Crippen LogP contribution is 2.27. The molecular formula is C17H15FN2O3S2. The van der Waals surface area contributed by atoms with Crippen LogP contribution in [0.1, 0.15) is 15.2 Å². The van der Waals surface area contributed by atoms with Crippen LogP contribution in [0.3, 0.4) is 0 Å². The predicted molar refractivity (Wildman–Crippen MR) is 95.6 cm³/mol. The van der Waals surface area contributed by atoms with Gasteiger partial charge in [0.1, 0.15) is 5.82 Å². The molecule has 2 aromatic carbocycles. The molecule has 0 fully saturated rings. The molecule has 8 heteroatoms. The Morgan fingerprint density at radius 1 is 1.16 bits per heavy atom. The second-order valence-electron chi connectivity index (χ2n) is 5.30. The molecule has 0 spiro atoms. The second-order valence-corrected chi connectivity index (χ2v) is 8.27. The monoisotopic (exact) mass is 378 g/mol. The summed E-state index contributed by atoms with van der Waals surface area (Å²) in [7, 11) is -2.13. The SMILES string of the molecule is CNS(=O)(=O)c1ccc(CNC(=O)c2cc3c(F)cccc3s2)cc1. The Labute approximate surface area is 148 Å². The van der Waals surface area contributed by atoms with Crippen molar-refractivity contribution in [3.8, 4) is 0 Å². The lowest BCUT2D eigenvalue weighted by Crippen LogP contribution is -2.22. The minimum Gasteiger partial charge on any atom is -0.347 e. The number of halogens is 1. The number of rotatable bonds is 5. The summed E-state index contributed by atoms with van der Waals surface area (Å²) in [6, 6.07) is 12.5. The van der Waals surface area contributed by atoms with Gasteiger partial charge in [0.15, 0.2) is 0 Å². The number of fused-ring (bicyclic) bond motifs is 1. The van der Waals surface area contributed by atoms with E-state index < -0.39 is 10.0 Å². The van der Waals surface area contributed by atoms with Crippen LogP contribution in [0.25, 0.3) is 10.1 Å². The number of sulfonamides is 1. The first-order valence-corrected chi connectivity index (χ1v) is 9.69. The number of nitrogens with one attached hydrogen (secondary N) is 2. The van der Waals surface area contributed by atoms with Crippen LogP contribution in [-0.2, 0) is 16.6 Å². The Bertz CT molecular complexity index is 1030. The topological polar surface area (TPSA) is 75.3 Å². The maximum Gasteiger partial charge on any atom is 0.261 e. The highest BCUT2D eigenvalue weighted by Gasteiger charge is 2.13. The van der Waals surface area contributed by atoms with Gasteiger partial charge in [-0.15, -0.1) is 11.3 Å². The lowest BCUT2D eigenvalue weighted by Gasteiger charge is -2.06. The fourth-order valence-corrected chi connectivity index (χ4v) is 4.03. The van der Waals surface area contributed by atoms with Gasteiger partial charge in [-0.3, -0.25) is 4.79 Å². The number of hydrogen-bond donors (Lipinski definition) is 2. The summed E-state index contributed by atoms with van der Waals surface area (Å²) in [6.45, 7) is 0.245. The lowest BCUT2D eigenvalue weighted by molar-refractivity contribution is 0.0955. The molecule has 1 amide bonds. The maximum absolute atomic E-state index is 13.7. The zero-order chi connectivity index (χ0) is 18.0. The molecule has 0 saturated heterocycles. The molecule has 0 aliphatic rings. The van der Waals surface area contributed by atoms with E-state index in [-0.39, 0.29) is 23.2 Å². The first kappa shape index (κ1) is 17.5. The molecule has 1 heterocycles. The first-order valence-electron chi connectivity index (χ1n) is 7.39. The summed E-state index contributed by atoms with van der Waals surface area (Å²) in [5.41, 5.74) is 0.760. The van der Waals surface area contributed by atoms with E-state index in [4.69, 9.17) is 0 Å². The van der Waals surface area contributed by atoms with Crippen LogP contribution < -0.4 is 10.0 Å². The Morgan fingerprint density at radius 3 is 2.52 bits per heavy atom. The summed E-state index contributed by atoms with van der Waals surface area (Å²) >= 11 is 1.22. The van der Waals surface area contributed by atoms with Crippen LogP contribution in [0, 0.1) is 5.82 Å². The van der Waals surface area contributed by atoms with E-state index in [9.17, 15) is 17.6 Å². The van der Waals surface area contributed by atoms with Gasteiger partial charge in [-0.25, -0.2) is 17.5 Å². The average molecular weight is 378 g/mol. The molecule has 5 nitrogen and oxygen atoms in total. The minimum atomic E-state index is -3.48. The van der Waals surface area contributed by atoms with E-state index in [2.05, 4.69) is 10.0 Å². The van der Waals surface area contributed by atoms with Gasteiger partial charge >= 0.3 is 0 Å². The van der Waals surface area contributed by atoms with E-state index in [0.717, 1.165) is 5.56 Å². The fourth-order valence-electron chi connectivity index (χ4n) is 2.31. The van der Waals surface area contributed by atoms with Gasteiger partial charge in [0, 0.05) is 16.6 Å². The molecule has 0 aliphatic carbocycles. The van der Waals surface area contributed by atoms with E-state index in [1.807, 2.05) is 0 Å². The minimum absolute atomic E-state index is 0.157. The normalized spacial score (nSPS) is 11.6. The van der Waals surface area contributed by atoms with Crippen LogP contribution in [0.5, 0.6) is 0 Å². The third-order valence-electron chi connectivity index (χ3n) is 3.69. The Kier molecular flexibility index (Phi) is 4.85. The smallest absolute Gasteiger partial charge is 0.261 e. The summed E-state index contributed by atoms with van der Waals surface area (Å²) in [5, 5.41) is 3.18. The predicted octanol–water partition coefficient (Wildman–Crippen LogP) is 2.88. The average Bonchev–Trinajstić information content (AvgIpc) is 3.06. The van der Waals surface area contributed by atoms with Crippen LogP contribution >= 0.6 is 11.3 Å². The number of hydrogen-bond acceptors (Lipinski definition) is 4. The molecule has 0 bridgehead atoms. The molecule has 1 aromatic heterocycles. The molecule has 130 valence electrons. The van der Waals surface area contributed by atoms with Crippen molar-refractivity contribution in [2.24, 2.45) is 0 Å². The fraction of sp³-hybridized carbons (Fsp3) is 0.118. The number of benzene rings is 2. The van der Waals surface area contributed by atoms with Gasteiger partial charge < -0.3 is 5.32 Å². The Balaban J connectivity index is 1.70. The van der Waals surface area contributed by atoms with Crippen molar-refractivity contribution in [3.05, 3.63) is 64.8 Å². The second kappa shape index (κ2) is 6.91. The van der Waals surface area contributed by atoms with Crippen molar-refractivity contribution in [3.63, 3.8) is 0 Å². The van der Waals surface area contributed by atoms with Gasteiger partial charge in [0.2, 0.25) is 10.0 Å². The zero-order valence-electron chi connectivity index (χ0n) is 13.2. The lowest BCUT2D eigenvalue weighted by atomic mass is 10.2. The third-order valence-corrected chi connectivity index (χ3v) is 6.22. The highest BCUT2D eigenvalue weighted by molar-refractivity contribution is 7.89. The number of carbonyl (C=O) groups excluding carboxylic acids is 1. The standard InChI is InChI=1S/C17H15FN2O3S2/c1-19-25(22,23)12-7-5-11(6-8-12)10-20-17(21)16-9-13-14(18)3-2-4-15(13)24-16/h2-9,19H,10H2,1H3,(H,20,21). The van der Waals surface area contributed by atoms with Gasteiger partial charge in [-0.2, -0.15) is 0 Å². The highest BCUT2D eigenvalue weighted by atomic mass is 32.2. The molecule has 0 unspecified atom stereocenters. The van der Waals surface area contributed by atoms with Crippen molar-refractivity contribution in [2.75, 3.05) is 7.05 Å². The molecule has 2 N–H and O–H groups in total. The summed E-state index contributed by atoms with van der Waals surface area (Å²) < 4.78 is 40.0. The largest absolute Gasteiger partial charge is 0.347 e. The molecule has 3 rings (SSSR count). The summed E-state index contributed by atoms with van der Waals surface area (Å²) in [4.78, 5) is 12.8. The number of thiophene rings is 1. The van der Waals surface area contributed by atoms with Crippen molar-refractivity contribution >= 4 is 37.4 Å².